The van der Waals surface area contributed by atoms with E-state index in [0.29, 0.717) is 17.2 Å². The second-order valence-electron chi connectivity index (χ2n) is 8.61. The van der Waals surface area contributed by atoms with Crippen LogP contribution in [0, 0.1) is 6.92 Å². The number of nitrogens with one attached hydrogen (secondary N) is 1. The summed E-state index contributed by atoms with van der Waals surface area (Å²) in [5.41, 5.74) is 1.53. The first kappa shape index (κ1) is 23.0. The van der Waals surface area contributed by atoms with Crippen molar-refractivity contribution in [2.45, 2.75) is 32.4 Å². The van der Waals surface area contributed by atoms with E-state index in [1.165, 1.54) is 21.4 Å². The highest BCUT2D eigenvalue weighted by molar-refractivity contribution is 5.85. The lowest BCUT2D eigenvalue weighted by Gasteiger charge is -2.16. The average Bonchev–Trinajstić information content (AvgIpc) is 3.69. The van der Waals surface area contributed by atoms with Crippen molar-refractivity contribution in [1.82, 2.24) is 19.1 Å². The molecular formula is C26H23N5O5. The maximum absolute atomic E-state index is 13.3. The molecule has 0 bridgehead atoms. The Morgan fingerprint density at radius 2 is 1.78 bits per heavy atom. The fourth-order valence-corrected chi connectivity index (χ4v) is 3.73. The first-order chi connectivity index (χ1) is 17.4. The second-order valence-corrected chi connectivity index (χ2v) is 8.61. The molecule has 0 aliphatic heterocycles. The summed E-state index contributed by atoms with van der Waals surface area (Å²) >= 11 is 0. The van der Waals surface area contributed by atoms with Crippen molar-refractivity contribution in [3.8, 4) is 11.5 Å². The molecule has 0 atom stereocenters. The van der Waals surface area contributed by atoms with Gasteiger partial charge in [0, 0.05) is 24.0 Å². The molecule has 10 heteroatoms. The summed E-state index contributed by atoms with van der Waals surface area (Å²) in [6.45, 7) is 2.25. The highest BCUT2D eigenvalue weighted by atomic mass is 16.5. The molecule has 182 valence electrons. The Morgan fingerprint density at radius 3 is 2.44 bits per heavy atom. The molecule has 2 aromatic heterocycles. The van der Waals surface area contributed by atoms with E-state index in [-0.39, 0.29) is 24.2 Å². The predicted octanol–water partition coefficient (Wildman–Crippen LogP) is 3.73. The monoisotopic (exact) mass is 485 g/mol. The molecule has 2 N–H and O–H groups in total. The molecule has 10 nitrogen and oxygen atoms in total. The van der Waals surface area contributed by atoms with Gasteiger partial charge in [-0.1, -0.05) is 29.8 Å². The van der Waals surface area contributed by atoms with E-state index in [4.69, 9.17) is 9.84 Å². The number of carboxylic acid groups (broad SMARTS) is 1. The zero-order valence-electron chi connectivity index (χ0n) is 19.4. The van der Waals surface area contributed by atoms with E-state index in [2.05, 4.69) is 15.3 Å². The molecular weight excluding hydrogens is 462 g/mol. The van der Waals surface area contributed by atoms with Crippen LogP contribution in [0.3, 0.4) is 0 Å². The van der Waals surface area contributed by atoms with Crippen LogP contribution < -0.4 is 21.4 Å². The molecule has 0 amide bonds. The van der Waals surface area contributed by atoms with E-state index < -0.39 is 17.3 Å². The first-order valence-electron chi connectivity index (χ1n) is 11.4. The first-order valence-corrected chi connectivity index (χ1v) is 11.4. The Labute approximate surface area is 205 Å². The van der Waals surface area contributed by atoms with Crippen LogP contribution in [0.25, 0.3) is 0 Å². The largest absolute Gasteiger partial charge is 0.477 e. The van der Waals surface area contributed by atoms with Crippen LogP contribution in [0.4, 0.5) is 11.6 Å². The molecule has 1 saturated carbocycles. The Morgan fingerprint density at radius 1 is 1.06 bits per heavy atom. The number of nitrogens with zero attached hydrogens (tertiary/aromatic N) is 4. The van der Waals surface area contributed by atoms with Crippen molar-refractivity contribution >= 4 is 17.6 Å². The molecule has 5 rings (SSSR count). The minimum Gasteiger partial charge on any atom is -0.477 e. The van der Waals surface area contributed by atoms with Gasteiger partial charge in [0.1, 0.15) is 11.5 Å². The Hall–Kier alpha value is -4.73. The number of carbonyl (C=O) groups is 1. The van der Waals surface area contributed by atoms with Gasteiger partial charge in [-0.25, -0.2) is 23.9 Å². The normalized spacial score (nSPS) is 12.8. The van der Waals surface area contributed by atoms with Gasteiger partial charge in [0.2, 0.25) is 5.95 Å². The zero-order chi connectivity index (χ0) is 25.2. The van der Waals surface area contributed by atoms with Crippen molar-refractivity contribution in [3.63, 3.8) is 0 Å². The smallest absolute Gasteiger partial charge is 0.355 e. The van der Waals surface area contributed by atoms with Gasteiger partial charge in [-0.15, -0.1) is 0 Å². The van der Waals surface area contributed by atoms with Gasteiger partial charge in [0.05, 0.1) is 6.54 Å². The zero-order valence-corrected chi connectivity index (χ0v) is 19.4. The van der Waals surface area contributed by atoms with Crippen LogP contribution in [0.2, 0.25) is 0 Å². The molecule has 0 spiro atoms. The second kappa shape index (κ2) is 9.49. The fourth-order valence-electron chi connectivity index (χ4n) is 3.73. The SMILES string of the molecule is Cc1ccc(Cn2c(Nc3ccc(Oc4ccnc(C(=O)O)c4)cc3)nc(=O)n(C3CC3)c2=O)cc1. The summed E-state index contributed by atoms with van der Waals surface area (Å²) in [6.07, 6.45) is 2.94. The van der Waals surface area contributed by atoms with E-state index in [1.54, 1.807) is 30.3 Å². The highest BCUT2D eigenvalue weighted by Crippen LogP contribution is 2.32. The minimum atomic E-state index is -1.15. The molecule has 2 heterocycles. The molecule has 36 heavy (non-hydrogen) atoms. The van der Waals surface area contributed by atoms with Crippen LogP contribution in [-0.4, -0.2) is 30.2 Å². The van der Waals surface area contributed by atoms with Gasteiger partial charge in [-0.3, -0.25) is 4.57 Å². The lowest BCUT2D eigenvalue weighted by molar-refractivity contribution is 0.0690. The number of aromatic carboxylic acids is 1. The summed E-state index contributed by atoms with van der Waals surface area (Å²) in [5, 5.41) is 12.2. The summed E-state index contributed by atoms with van der Waals surface area (Å²) in [5.74, 6) is -0.193. The molecule has 1 aliphatic rings. The molecule has 4 aromatic rings. The third-order valence-corrected chi connectivity index (χ3v) is 5.77. The maximum atomic E-state index is 13.3. The topological polar surface area (TPSA) is 128 Å². The van der Waals surface area contributed by atoms with Crippen molar-refractivity contribution in [1.29, 1.82) is 0 Å². The number of rotatable bonds is 8. The lowest BCUT2D eigenvalue weighted by atomic mass is 10.1. The Balaban J connectivity index is 1.41. The van der Waals surface area contributed by atoms with Crippen LogP contribution in [-0.2, 0) is 6.54 Å². The third-order valence-electron chi connectivity index (χ3n) is 5.77. The van der Waals surface area contributed by atoms with E-state index >= 15 is 0 Å². The number of carboxylic acids is 1. The summed E-state index contributed by atoms with van der Waals surface area (Å²) in [7, 11) is 0. The van der Waals surface area contributed by atoms with Crippen LogP contribution in [0.1, 0.15) is 40.5 Å². The van der Waals surface area contributed by atoms with Crippen LogP contribution >= 0.6 is 0 Å². The molecule has 2 aromatic carbocycles. The minimum absolute atomic E-state index is 0.0953. The molecule has 0 saturated heterocycles. The van der Waals surface area contributed by atoms with E-state index in [1.807, 2.05) is 31.2 Å². The number of aryl methyl sites for hydroxylation is 1. The number of hydrogen-bond donors (Lipinski definition) is 2. The van der Waals surface area contributed by atoms with Gasteiger partial charge in [0.15, 0.2) is 5.69 Å². The van der Waals surface area contributed by atoms with E-state index in [0.717, 1.165) is 24.0 Å². The number of aromatic nitrogens is 4. The van der Waals surface area contributed by atoms with E-state index in [9.17, 15) is 14.4 Å². The number of benzene rings is 2. The highest BCUT2D eigenvalue weighted by Gasteiger charge is 2.29. The fraction of sp³-hybridized carbons (Fsp3) is 0.192. The average molecular weight is 486 g/mol. The number of anilines is 2. The van der Waals surface area contributed by atoms with Gasteiger partial charge >= 0.3 is 17.3 Å². The standard InChI is InChI=1S/C26H23N5O5/c1-16-2-4-17(5-3-16)15-30-24(29-25(34)31(26(30)35)19-8-9-19)28-18-6-10-20(11-7-18)36-21-12-13-27-22(14-21)23(32)33/h2-7,10-14,19H,8-9,15H2,1H3,(H,32,33)(H,28,29,34). The van der Waals surface area contributed by atoms with Crippen molar-refractivity contribution < 1.29 is 14.6 Å². The van der Waals surface area contributed by atoms with Crippen LogP contribution in [0.15, 0.2) is 76.4 Å². The number of hydrogen-bond acceptors (Lipinski definition) is 7. The molecule has 1 fully saturated rings. The summed E-state index contributed by atoms with van der Waals surface area (Å²) < 4.78 is 8.42. The van der Waals surface area contributed by atoms with Gasteiger partial charge in [0.25, 0.3) is 0 Å². The number of pyridine rings is 1. The van der Waals surface area contributed by atoms with Crippen molar-refractivity contribution in [2.75, 3.05) is 5.32 Å². The van der Waals surface area contributed by atoms with Gasteiger partial charge in [-0.05, 0) is 55.7 Å². The Bertz CT molecular complexity index is 1540. The maximum Gasteiger partial charge on any atom is 0.355 e. The van der Waals surface area contributed by atoms with Crippen molar-refractivity contribution in [2.24, 2.45) is 0 Å². The van der Waals surface area contributed by atoms with Gasteiger partial charge in [-0.2, -0.15) is 4.98 Å². The van der Waals surface area contributed by atoms with Gasteiger partial charge < -0.3 is 15.2 Å². The molecule has 0 radical (unpaired) electrons. The molecule has 1 aliphatic carbocycles. The van der Waals surface area contributed by atoms with Crippen LogP contribution in [0.5, 0.6) is 11.5 Å². The summed E-state index contributed by atoms with van der Waals surface area (Å²) in [4.78, 5) is 45.0. The predicted molar refractivity (Wildman–Crippen MR) is 132 cm³/mol. The Kier molecular flexibility index (Phi) is 6.07. The quantitative estimate of drug-likeness (QED) is 0.386. The third kappa shape index (κ3) is 5.02. The molecule has 0 unspecified atom stereocenters. The summed E-state index contributed by atoms with van der Waals surface area (Å²) in [6, 6.07) is 17.4. The number of ether oxygens (including phenoxy) is 1. The lowest BCUT2D eigenvalue weighted by Crippen LogP contribution is -2.42. The van der Waals surface area contributed by atoms with Crippen molar-refractivity contribution in [3.05, 3.63) is 105 Å².